The second kappa shape index (κ2) is 7.12. The molecule has 0 radical (unpaired) electrons. The third-order valence-corrected chi connectivity index (χ3v) is 3.80. The van der Waals surface area contributed by atoms with Gasteiger partial charge in [-0.25, -0.2) is 4.39 Å². The SMILES string of the molecule is N#Cc1cccc(NC(=O)c2ccc(-c3ncccc3Cl)cc2F)c1. The van der Waals surface area contributed by atoms with Crippen molar-refractivity contribution in [3.8, 4) is 17.3 Å². The average molecular weight is 352 g/mol. The minimum absolute atomic E-state index is 0.113. The molecule has 0 aliphatic carbocycles. The first-order valence-electron chi connectivity index (χ1n) is 7.30. The fourth-order valence-corrected chi connectivity index (χ4v) is 2.54. The molecule has 3 rings (SSSR count). The number of benzene rings is 2. The molecule has 25 heavy (non-hydrogen) atoms. The van der Waals surface area contributed by atoms with Crippen LogP contribution in [-0.4, -0.2) is 10.9 Å². The number of nitrogens with zero attached hydrogens (tertiary/aromatic N) is 2. The van der Waals surface area contributed by atoms with Crippen LogP contribution in [0.3, 0.4) is 0 Å². The molecule has 122 valence electrons. The van der Waals surface area contributed by atoms with Crippen molar-refractivity contribution in [2.24, 2.45) is 0 Å². The lowest BCUT2D eigenvalue weighted by atomic mass is 10.1. The summed E-state index contributed by atoms with van der Waals surface area (Å²) >= 11 is 6.06. The summed E-state index contributed by atoms with van der Waals surface area (Å²) in [6.07, 6.45) is 1.56. The summed E-state index contributed by atoms with van der Waals surface area (Å²) in [5.74, 6) is -1.29. The van der Waals surface area contributed by atoms with Gasteiger partial charge in [0.1, 0.15) is 5.82 Å². The number of pyridine rings is 1. The number of rotatable bonds is 3. The van der Waals surface area contributed by atoms with E-state index in [9.17, 15) is 9.18 Å². The van der Waals surface area contributed by atoms with Gasteiger partial charge in [-0.2, -0.15) is 5.26 Å². The highest BCUT2D eigenvalue weighted by molar-refractivity contribution is 6.33. The number of amides is 1. The number of halogens is 2. The van der Waals surface area contributed by atoms with Crippen LogP contribution in [0, 0.1) is 17.1 Å². The van der Waals surface area contributed by atoms with Crippen LogP contribution in [0.15, 0.2) is 60.8 Å². The molecular weight excluding hydrogens is 341 g/mol. The van der Waals surface area contributed by atoms with Gasteiger partial charge in [-0.1, -0.05) is 23.7 Å². The van der Waals surface area contributed by atoms with Crippen LogP contribution < -0.4 is 5.32 Å². The molecule has 0 fully saturated rings. The van der Waals surface area contributed by atoms with E-state index in [0.29, 0.717) is 27.5 Å². The van der Waals surface area contributed by atoms with Crippen LogP contribution in [0.25, 0.3) is 11.3 Å². The summed E-state index contributed by atoms with van der Waals surface area (Å²) in [6.45, 7) is 0. The summed E-state index contributed by atoms with van der Waals surface area (Å²) in [5.41, 5.74) is 1.62. The average Bonchev–Trinajstić information content (AvgIpc) is 2.62. The number of hydrogen-bond acceptors (Lipinski definition) is 3. The van der Waals surface area contributed by atoms with Gasteiger partial charge in [-0.3, -0.25) is 9.78 Å². The Hall–Kier alpha value is -3.23. The maximum atomic E-state index is 14.4. The smallest absolute Gasteiger partial charge is 0.258 e. The molecule has 6 heteroatoms. The molecule has 0 aliphatic rings. The highest BCUT2D eigenvalue weighted by Crippen LogP contribution is 2.27. The van der Waals surface area contributed by atoms with Crippen molar-refractivity contribution in [2.45, 2.75) is 0 Å². The van der Waals surface area contributed by atoms with Gasteiger partial charge in [-0.05, 0) is 42.5 Å². The van der Waals surface area contributed by atoms with E-state index in [0.717, 1.165) is 0 Å². The number of carbonyl (C=O) groups excluding carboxylic acids is 1. The van der Waals surface area contributed by atoms with E-state index >= 15 is 0 Å². The molecule has 1 N–H and O–H groups in total. The van der Waals surface area contributed by atoms with Gasteiger partial charge < -0.3 is 5.32 Å². The van der Waals surface area contributed by atoms with E-state index in [1.807, 2.05) is 6.07 Å². The maximum absolute atomic E-state index is 14.4. The molecule has 4 nitrogen and oxygen atoms in total. The lowest BCUT2D eigenvalue weighted by Gasteiger charge is -2.08. The van der Waals surface area contributed by atoms with Crippen molar-refractivity contribution in [1.82, 2.24) is 4.98 Å². The Balaban J connectivity index is 1.87. The highest BCUT2D eigenvalue weighted by atomic mass is 35.5. The van der Waals surface area contributed by atoms with E-state index in [-0.39, 0.29) is 5.56 Å². The van der Waals surface area contributed by atoms with Gasteiger partial charge in [0.25, 0.3) is 5.91 Å². The lowest BCUT2D eigenvalue weighted by molar-refractivity contribution is 0.102. The summed E-state index contributed by atoms with van der Waals surface area (Å²) in [7, 11) is 0. The molecule has 1 amide bonds. The third kappa shape index (κ3) is 3.65. The Kier molecular flexibility index (Phi) is 4.73. The lowest BCUT2D eigenvalue weighted by Crippen LogP contribution is -2.13. The molecule has 0 atom stereocenters. The molecular formula is C19H11ClFN3O. The number of carbonyl (C=O) groups is 1. The Morgan fingerprint density at radius 1 is 1.16 bits per heavy atom. The van der Waals surface area contributed by atoms with Crippen LogP contribution in [-0.2, 0) is 0 Å². The third-order valence-electron chi connectivity index (χ3n) is 3.50. The van der Waals surface area contributed by atoms with Crippen molar-refractivity contribution >= 4 is 23.2 Å². The van der Waals surface area contributed by atoms with Crippen molar-refractivity contribution in [2.75, 3.05) is 5.32 Å². The van der Waals surface area contributed by atoms with Crippen LogP contribution in [0.5, 0.6) is 0 Å². The molecule has 0 saturated carbocycles. The Labute approximate surface area is 148 Å². The second-order valence-electron chi connectivity index (χ2n) is 5.18. The molecule has 0 spiro atoms. The monoisotopic (exact) mass is 351 g/mol. The van der Waals surface area contributed by atoms with E-state index in [2.05, 4.69) is 10.3 Å². The van der Waals surface area contributed by atoms with Crippen LogP contribution >= 0.6 is 11.6 Å². The molecule has 0 saturated heterocycles. The van der Waals surface area contributed by atoms with E-state index in [1.54, 1.807) is 42.6 Å². The number of aromatic nitrogens is 1. The van der Waals surface area contributed by atoms with Crippen molar-refractivity contribution in [3.05, 3.63) is 82.8 Å². The van der Waals surface area contributed by atoms with Gasteiger partial charge in [0.15, 0.2) is 0 Å². The predicted molar refractivity (Wildman–Crippen MR) is 93.8 cm³/mol. The topological polar surface area (TPSA) is 65.8 Å². The zero-order valence-electron chi connectivity index (χ0n) is 12.8. The van der Waals surface area contributed by atoms with Gasteiger partial charge in [-0.15, -0.1) is 0 Å². The predicted octanol–water partition coefficient (Wildman–Crippen LogP) is 4.67. The molecule has 0 aliphatic heterocycles. The normalized spacial score (nSPS) is 10.1. The number of nitrogens with one attached hydrogen (secondary N) is 1. The molecule has 0 unspecified atom stereocenters. The first kappa shape index (κ1) is 16.6. The molecule has 3 aromatic rings. The van der Waals surface area contributed by atoms with Gasteiger partial charge in [0, 0.05) is 17.4 Å². The van der Waals surface area contributed by atoms with E-state index in [4.69, 9.17) is 16.9 Å². The van der Waals surface area contributed by atoms with Crippen molar-refractivity contribution < 1.29 is 9.18 Å². The largest absolute Gasteiger partial charge is 0.322 e. The van der Waals surface area contributed by atoms with E-state index in [1.165, 1.54) is 18.2 Å². The van der Waals surface area contributed by atoms with Gasteiger partial charge in [0.2, 0.25) is 0 Å². The molecule has 0 bridgehead atoms. The Morgan fingerprint density at radius 3 is 2.72 bits per heavy atom. The summed E-state index contributed by atoms with van der Waals surface area (Å²) < 4.78 is 14.4. The van der Waals surface area contributed by atoms with Crippen LogP contribution in [0.1, 0.15) is 15.9 Å². The number of hydrogen-bond donors (Lipinski definition) is 1. The van der Waals surface area contributed by atoms with Gasteiger partial charge >= 0.3 is 0 Å². The minimum atomic E-state index is -0.687. The molecule has 2 aromatic carbocycles. The minimum Gasteiger partial charge on any atom is -0.322 e. The second-order valence-corrected chi connectivity index (χ2v) is 5.58. The molecule has 1 aromatic heterocycles. The Morgan fingerprint density at radius 2 is 2.00 bits per heavy atom. The summed E-state index contributed by atoms with van der Waals surface area (Å²) in [6, 6.07) is 15.9. The van der Waals surface area contributed by atoms with Crippen LogP contribution in [0.4, 0.5) is 10.1 Å². The summed E-state index contributed by atoms with van der Waals surface area (Å²) in [4.78, 5) is 16.4. The number of nitriles is 1. The fourth-order valence-electron chi connectivity index (χ4n) is 2.31. The Bertz CT molecular complexity index is 998. The molecule has 1 heterocycles. The fraction of sp³-hybridized carbons (Fsp3) is 0. The van der Waals surface area contributed by atoms with Crippen LogP contribution in [0.2, 0.25) is 5.02 Å². The zero-order chi connectivity index (χ0) is 17.8. The standard InChI is InChI=1S/C19H11ClFN3O/c20-16-5-2-8-23-18(16)13-6-7-15(17(21)10-13)19(25)24-14-4-1-3-12(9-14)11-22/h1-10H,(H,24,25). The first-order valence-corrected chi connectivity index (χ1v) is 7.68. The van der Waals surface area contributed by atoms with E-state index < -0.39 is 11.7 Å². The summed E-state index contributed by atoms with van der Waals surface area (Å²) in [5, 5.41) is 11.8. The highest BCUT2D eigenvalue weighted by Gasteiger charge is 2.14. The zero-order valence-corrected chi connectivity index (χ0v) is 13.6. The van der Waals surface area contributed by atoms with Gasteiger partial charge in [0.05, 0.1) is 27.9 Å². The quantitative estimate of drug-likeness (QED) is 0.746. The number of anilines is 1. The van der Waals surface area contributed by atoms with Crippen molar-refractivity contribution in [3.63, 3.8) is 0 Å². The maximum Gasteiger partial charge on any atom is 0.258 e. The van der Waals surface area contributed by atoms with Crippen molar-refractivity contribution in [1.29, 1.82) is 5.26 Å². The first-order chi connectivity index (χ1) is 12.1.